The van der Waals surface area contributed by atoms with Crippen LogP contribution in [0.15, 0.2) is 85.2 Å². The molecule has 229 valence electrons. The Morgan fingerprint density at radius 1 is 0.773 bits per heavy atom. The van der Waals surface area contributed by atoms with Crippen molar-refractivity contribution in [1.29, 1.82) is 0 Å². The first-order valence-electron chi connectivity index (χ1n) is 20.6. The maximum Gasteiger partial charge on any atom is 0.0379 e. The van der Waals surface area contributed by atoms with Crippen molar-refractivity contribution in [3.63, 3.8) is 0 Å². The minimum atomic E-state index is -2.58. The summed E-state index contributed by atoms with van der Waals surface area (Å²) in [6, 6.07) is 24.6. The van der Waals surface area contributed by atoms with Crippen molar-refractivity contribution in [2.75, 3.05) is 0 Å². The summed E-state index contributed by atoms with van der Waals surface area (Å²) in [5, 5.41) is 0. The molecule has 2 nitrogen and oxygen atoms in total. The molecule has 5 aromatic rings. The molecule has 0 N–H and O–H groups in total. The van der Waals surface area contributed by atoms with Gasteiger partial charge in [0, 0.05) is 56.1 Å². The predicted molar refractivity (Wildman–Crippen MR) is 176 cm³/mol. The van der Waals surface area contributed by atoms with Crippen LogP contribution in [0.2, 0.25) is 0 Å². The third-order valence-corrected chi connectivity index (χ3v) is 7.77. The molecule has 6 rings (SSSR count). The normalized spacial score (nSPS) is 20.5. The molecule has 4 heteroatoms. The number of rotatable bonds is 4. The van der Waals surface area contributed by atoms with Crippen molar-refractivity contribution < 1.29 is 42.3 Å². The topological polar surface area (TPSA) is 25.8 Å². The quantitative estimate of drug-likeness (QED) is 0.170. The van der Waals surface area contributed by atoms with Gasteiger partial charge < -0.3 is 9.97 Å². The van der Waals surface area contributed by atoms with E-state index in [1.807, 2.05) is 18.2 Å². The van der Waals surface area contributed by atoms with Gasteiger partial charge in [0.1, 0.15) is 0 Å². The molecule has 2 heterocycles. The molecule has 0 bridgehead atoms. The van der Waals surface area contributed by atoms with Gasteiger partial charge >= 0.3 is 0 Å². The Labute approximate surface area is 294 Å². The zero-order chi connectivity index (χ0) is 41.5. The molecule has 1 radical (unpaired) electrons. The molecular formula is C40H41FIrN2-2. The van der Waals surface area contributed by atoms with Crippen molar-refractivity contribution in [2.24, 2.45) is 5.41 Å². The summed E-state index contributed by atoms with van der Waals surface area (Å²) in [7, 11) is 0. The Balaban J connectivity index is 0.000000281. The van der Waals surface area contributed by atoms with E-state index in [2.05, 4.69) is 35.9 Å². The minimum Gasteiger partial charge on any atom is -0.304 e. The van der Waals surface area contributed by atoms with Gasteiger partial charge in [-0.25, -0.2) is 0 Å². The summed E-state index contributed by atoms with van der Waals surface area (Å²) < 4.78 is 115. The van der Waals surface area contributed by atoms with E-state index in [-0.39, 0.29) is 53.5 Å². The van der Waals surface area contributed by atoms with Crippen LogP contribution in [0.5, 0.6) is 0 Å². The fourth-order valence-electron chi connectivity index (χ4n) is 5.06. The van der Waals surface area contributed by atoms with Crippen LogP contribution in [0.1, 0.15) is 91.1 Å². The molecule has 0 amide bonds. The molecule has 0 unspecified atom stereocenters. The molecule has 2 aromatic heterocycles. The van der Waals surface area contributed by atoms with Gasteiger partial charge in [0.15, 0.2) is 0 Å². The molecule has 44 heavy (non-hydrogen) atoms. The third-order valence-electron chi connectivity index (χ3n) is 7.77. The number of aryl methyl sites for hydroxylation is 4. The second-order valence-electron chi connectivity index (χ2n) is 11.5. The van der Waals surface area contributed by atoms with Gasteiger partial charge in [-0.1, -0.05) is 49.7 Å². The molecule has 0 atom stereocenters. The summed E-state index contributed by atoms with van der Waals surface area (Å²) in [5.41, 5.74) is 2.77. The molecule has 1 aliphatic carbocycles. The number of benzene rings is 3. The first-order valence-corrected chi connectivity index (χ1v) is 14.1. The number of aromatic nitrogens is 2. The molecule has 3 aromatic carbocycles. The van der Waals surface area contributed by atoms with Crippen molar-refractivity contribution in [3.8, 4) is 33.6 Å². The van der Waals surface area contributed by atoms with E-state index in [9.17, 15) is 4.39 Å². The fourth-order valence-corrected chi connectivity index (χ4v) is 5.06. The van der Waals surface area contributed by atoms with Crippen LogP contribution in [0.4, 0.5) is 4.39 Å². The molecule has 0 aliphatic heterocycles. The monoisotopic (exact) mass is 774 g/mol. The fraction of sp³-hybridized carbons (Fsp3) is 0.300. The number of halogens is 1. The molecule has 0 saturated heterocycles. The van der Waals surface area contributed by atoms with Crippen LogP contribution in [0.25, 0.3) is 33.6 Å². The smallest absolute Gasteiger partial charge is 0.0379 e. The van der Waals surface area contributed by atoms with E-state index in [4.69, 9.17) is 17.8 Å². The second kappa shape index (κ2) is 14.5. The van der Waals surface area contributed by atoms with E-state index in [0.717, 1.165) is 25.1 Å². The van der Waals surface area contributed by atoms with Gasteiger partial charge in [0.2, 0.25) is 0 Å². The largest absolute Gasteiger partial charge is 0.304 e. The Kier molecular flexibility index (Phi) is 6.55. The van der Waals surface area contributed by atoms with Gasteiger partial charge in [-0.05, 0) is 109 Å². The summed E-state index contributed by atoms with van der Waals surface area (Å²) in [6.45, 7) is -5.71. The van der Waals surface area contributed by atoms with Gasteiger partial charge in [-0.2, -0.15) is 0 Å². The summed E-state index contributed by atoms with van der Waals surface area (Å²) in [6.07, 6.45) is 5.44. The average molecular weight is 774 g/mol. The zero-order valence-corrected chi connectivity index (χ0v) is 26.9. The maximum atomic E-state index is 12.9. The zero-order valence-electron chi connectivity index (χ0n) is 37.5. The second-order valence-corrected chi connectivity index (χ2v) is 11.5. The Hall–Kier alpha value is -3.46. The van der Waals surface area contributed by atoms with E-state index in [1.165, 1.54) is 24.4 Å². The van der Waals surface area contributed by atoms with Gasteiger partial charge in [0.25, 0.3) is 0 Å². The van der Waals surface area contributed by atoms with E-state index >= 15 is 0 Å². The molecule has 1 saturated carbocycles. The van der Waals surface area contributed by atoms with Gasteiger partial charge in [-0.3, -0.25) is 4.39 Å². The third kappa shape index (κ3) is 8.17. The van der Waals surface area contributed by atoms with Crippen molar-refractivity contribution in [3.05, 3.63) is 131 Å². The number of hydrogen-bond donors (Lipinski definition) is 0. The molecule has 0 spiro atoms. The Bertz CT molecular complexity index is 2150. The summed E-state index contributed by atoms with van der Waals surface area (Å²) >= 11 is 0. The average Bonchev–Trinajstić information content (AvgIpc) is 3.12. The first kappa shape index (κ1) is 19.8. The maximum absolute atomic E-state index is 12.9. The molecule has 1 fully saturated rings. The van der Waals surface area contributed by atoms with Crippen molar-refractivity contribution in [2.45, 2.75) is 72.8 Å². The predicted octanol–water partition coefficient (Wildman–Crippen LogP) is 10.8. The number of nitrogens with zero attached hydrogens (tertiary/aromatic N) is 2. The SMILES string of the molecule is [2H]C([2H])([2H])c1cnc(-c2[c-]cc(F)cc2)cc1C([2H])([2H])[2H].[2H]C([2H])([2H])c1cnc(-c2[c-]cccc2)cc1-c1ccc(C2([2H])CCC(C)(C)CC2)cc1C([2H])([2H])[2H].[Ir]. The summed E-state index contributed by atoms with van der Waals surface area (Å²) in [5.74, 6) is -1.34. The van der Waals surface area contributed by atoms with Crippen LogP contribution in [0.3, 0.4) is 0 Å². The van der Waals surface area contributed by atoms with E-state index < -0.39 is 39.1 Å². The first-order chi connectivity index (χ1) is 25.8. The van der Waals surface area contributed by atoms with Crippen LogP contribution in [-0.2, 0) is 20.1 Å². The van der Waals surface area contributed by atoms with Gasteiger partial charge in [-0.15, -0.1) is 65.7 Å². The van der Waals surface area contributed by atoms with Crippen LogP contribution in [0, 0.1) is 50.8 Å². The number of pyridine rings is 2. The Morgan fingerprint density at radius 2 is 1.48 bits per heavy atom. The van der Waals surface area contributed by atoms with Crippen LogP contribution in [-0.4, -0.2) is 9.97 Å². The summed E-state index contributed by atoms with van der Waals surface area (Å²) in [4.78, 5) is 8.30. The van der Waals surface area contributed by atoms with Crippen molar-refractivity contribution >= 4 is 0 Å². The Morgan fingerprint density at radius 3 is 2.14 bits per heavy atom. The van der Waals surface area contributed by atoms with Gasteiger partial charge in [0.05, 0.1) is 0 Å². The van der Waals surface area contributed by atoms with E-state index in [1.54, 1.807) is 30.3 Å². The number of hydrogen-bond acceptors (Lipinski definition) is 2. The van der Waals surface area contributed by atoms with E-state index in [0.29, 0.717) is 46.4 Å². The standard InChI is InChI=1S/C27H30N.C13H11FN.Ir/c1-19-16-23(21-12-14-27(3,4)15-13-21)10-11-24(19)25-17-26(28-18-20(25)2)22-8-6-5-7-9-22;1-9-7-13(15-8-10(9)2)11-3-5-12(14)6-4-11;/h5-8,10-11,16-18,21H,12-15H2,1-4H3;3,5-8H,1-2H3;/q2*-1;/i1D3,2D3,21D;1D3,2D3;. The van der Waals surface area contributed by atoms with Crippen molar-refractivity contribution in [1.82, 2.24) is 9.97 Å². The minimum absolute atomic E-state index is 0. The molecular weight excluding hydrogens is 720 g/mol. The van der Waals surface area contributed by atoms with Crippen LogP contribution >= 0.6 is 0 Å². The van der Waals surface area contributed by atoms with Crippen LogP contribution < -0.4 is 0 Å². The molecule has 1 aliphatic rings.